The van der Waals surface area contributed by atoms with Crippen LogP contribution in [-0.4, -0.2) is 47.9 Å². The second-order valence-corrected chi connectivity index (χ2v) is 8.52. The first kappa shape index (κ1) is 21.6. The molecular weight excluding hydrogens is 401 g/mol. The van der Waals surface area contributed by atoms with Gasteiger partial charge in [-0.3, -0.25) is 4.79 Å². The van der Waals surface area contributed by atoms with Gasteiger partial charge in [-0.05, 0) is 51.6 Å². The highest BCUT2D eigenvalue weighted by atomic mass is 19.1. The lowest BCUT2D eigenvalue weighted by molar-refractivity contribution is 0.0694. The number of carboxylic acids is 1. The van der Waals surface area contributed by atoms with Crippen LogP contribution in [0.4, 0.5) is 10.1 Å². The van der Waals surface area contributed by atoms with E-state index in [-0.39, 0.29) is 17.0 Å². The van der Waals surface area contributed by atoms with Crippen LogP contribution in [0, 0.1) is 11.7 Å². The zero-order chi connectivity index (χ0) is 22.3. The number of fused-ring (bicyclic) bond motifs is 1. The lowest BCUT2D eigenvalue weighted by atomic mass is 10.0. The zero-order valence-corrected chi connectivity index (χ0v) is 18.3. The third kappa shape index (κ3) is 3.89. The molecule has 1 aromatic heterocycles. The van der Waals surface area contributed by atoms with Crippen molar-refractivity contribution in [2.45, 2.75) is 52.1 Å². The van der Waals surface area contributed by atoms with Crippen LogP contribution in [0.25, 0.3) is 10.9 Å². The highest BCUT2D eigenvalue weighted by Gasteiger charge is 2.34. The van der Waals surface area contributed by atoms with Gasteiger partial charge >= 0.3 is 5.97 Å². The first-order valence-corrected chi connectivity index (χ1v) is 11.1. The molecule has 0 bridgehead atoms. The van der Waals surface area contributed by atoms with Gasteiger partial charge in [-0.15, -0.1) is 0 Å². The molecule has 4 rings (SSSR count). The molecule has 1 saturated carbocycles. The van der Waals surface area contributed by atoms with E-state index >= 15 is 4.39 Å². The van der Waals surface area contributed by atoms with Crippen molar-refractivity contribution < 1.29 is 19.0 Å². The van der Waals surface area contributed by atoms with Gasteiger partial charge in [0.05, 0.1) is 17.5 Å². The molecule has 0 amide bonds. The topological polar surface area (TPSA) is 83.8 Å². The highest BCUT2D eigenvalue weighted by molar-refractivity contribution is 5.97. The number of anilines is 1. The molecule has 2 atom stereocenters. The van der Waals surface area contributed by atoms with Crippen molar-refractivity contribution in [2.75, 3.05) is 31.1 Å². The van der Waals surface area contributed by atoms with E-state index < -0.39 is 17.2 Å². The number of hydrogen-bond donors (Lipinski definition) is 2. The van der Waals surface area contributed by atoms with Gasteiger partial charge in [0.2, 0.25) is 5.43 Å². The summed E-state index contributed by atoms with van der Waals surface area (Å²) in [5, 5.41) is 13.0. The van der Waals surface area contributed by atoms with E-state index in [0.717, 1.165) is 25.8 Å². The molecule has 1 aliphatic carbocycles. The number of hydrogen-bond acceptors (Lipinski definition) is 5. The van der Waals surface area contributed by atoms with E-state index in [1.54, 1.807) is 0 Å². The van der Waals surface area contributed by atoms with Crippen molar-refractivity contribution in [2.24, 2.45) is 5.92 Å². The summed E-state index contributed by atoms with van der Waals surface area (Å²) in [7, 11) is 0. The molecule has 8 heteroatoms. The summed E-state index contributed by atoms with van der Waals surface area (Å²) in [6.45, 7) is 8.63. The van der Waals surface area contributed by atoms with Gasteiger partial charge in [0.25, 0.3) is 0 Å². The Hall–Kier alpha value is -2.61. The summed E-state index contributed by atoms with van der Waals surface area (Å²) in [6.07, 6.45) is 4.11. The van der Waals surface area contributed by atoms with Crippen LogP contribution in [0.15, 0.2) is 17.1 Å². The van der Waals surface area contributed by atoms with Crippen molar-refractivity contribution in [1.29, 1.82) is 0 Å². The second-order valence-electron chi connectivity index (χ2n) is 8.52. The van der Waals surface area contributed by atoms with Gasteiger partial charge in [0.1, 0.15) is 11.3 Å². The number of nitrogens with one attached hydrogen (secondary N) is 1. The molecule has 0 radical (unpaired) electrons. The molecule has 1 aliphatic heterocycles. The minimum Gasteiger partial charge on any atom is -0.489 e. The van der Waals surface area contributed by atoms with Gasteiger partial charge in [-0.2, -0.15) is 0 Å². The van der Waals surface area contributed by atoms with Crippen molar-refractivity contribution in [3.63, 3.8) is 0 Å². The summed E-state index contributed by atoms with van der Waals surface area (Å²) in [4.78, 5) is 26.5. The fourth-order valence-electron chi connectivity index (χ4n) is 4.70. The molecule has 2 unspecified atom stereocenters. The SMILES string of the molecule is CCNC(C)C1CCN(c2c(F)cc3c(=O)c(C(=O)O)cn(C4CC4)c3c2OCC)C1. The quantitative estimate of drug-likeness (QED) is 0.667. The number of halogens is 1. The van der Waals surface area contributed by atoms with E-state index in [9.17, 15) is 14.7 Å². The molecule has 2 aromatic rings. The number of carboxylic acid groups (broad SMARTS) is 1. The molecular formula is C23H30FN3O4. The van der Waals surface area contributed by atoms with Gasteiger partial charge in [0.15, 0.2) is 11.6 Å². The van der Waals surface area contributed by atoms with Crippen LogP contribution >= 0.6 is 0 Å². The average Bonchev–Trinajstić information content (AvgIpc) is 3.45. The largest absolute Gasteiger partial charge is 0.489 e. The molecule has 1 saturated heterocycles. The maximum absolute atomic E-state index is 15.5. The smallest absolute Gasteiger partial charge is 0.341 e. The Kier molecular flexibility index (Phi) is 5.92. The molecule has 2 N–H and O–H groups in total. The first-order valence-electron chi connectivity index (χ1n) is 11.1. The molecule has 2 aliphatic rings. The maximum Gasteiger partial charge on any atom is 0.341 e. The van der Waals surface area contributed by atoms with E-state index in [1.165, 1.54) is 12.3 Å². The van der Waals surface area contributed by atoms with Crippen molar-refractivity contribution in [3.05, 3.63) is 33.9 Å². The average molecular weight is 432 g/mol. The molecule has 2 heterocycles. The van der Waals surface area contributed by atoms with E-state index in [1.807, 2.05) is 16.4 Å². The van der Waals surface area contributed by atoms with Gasteiger partial charge in [-0.25, -0.2) is 9.18 Å². The van der Waals surface area contributed by atoms with E-state index in [4.69, 9.17) is 4.74 Å². The lowest BCUT2D eigenvalue weighted by Gasteiger charge is -2.26. The standard InChI is InChI=1S/C23H30FN3O4/c1-4-25-13(3)14-8-9-26(11-14)20-18(24)10-16-19(22(20)31-5-2)27(15-6-7-15)12-17(21(16)28)23(29)30/h10,12-15,25H,4-9,11H2,1-3H3,(H,29,30). The monoisotopic (exact) mass is 431 g/mol. The van der Waals surface area contributed by atoms with Gasteiger partial charge in [-0.1, -0.05) is 6.92 Å². The van der Waals surface area contributed by atoms with Crippen LogP contribution in [0.2, 0.25) is 0 Å². The summed E-state index contributed by atoms with van der Waals surface area (Å²) >= 11 is 0. The van der Waals surface area contributed by atoms with Crippen LogP contribution in [0.5, 0.6) is 5.75 Å². The number of carbonyl (C=O) groups is 1. The van der Waals surface area contributed by atoms with Crippen molar-refractivity contribution in [1.82, 2.24) is 9.88 Å². The fourth-order valence-corrected chi connectivity index (χ4v) is 4.70. The third-order valence-corrected chi connectivity index (χ3v) is 6.43. The number of pyridine rings is 1. The zero-order valence-electron chi connectivity index (χ0n) is 18.3. The summed E-state index contributed by atoms with van der Waals surface area (Å²) in [5.41, 5.74) is -0.142. The summed E-state index contributed by atoms with van der Waals surface area (Å²) < 4.78 is 23.2. The van der Waals surface area contributed by atoms with E-state index in [2.05, 4.69) is 19.2 Å². The molecule has 31 heavy (non-hydrogen) atoms. The van der Waals surface area contributed by atoms with Crippen LogP contribution in [0.3, 0.4) is 0 Å². The minimum atomic E-state index is -1.30. The Morgan fingerprint density at radius 3 is 2.71 bits per heavy atom. The van der Waals surface area contributed by atoms with Crippen LogP contribution in [-0.2, 0) is 0 Å². The van der Waals surface area contributed by atoms with Crippen molar-refractivity contribution in [3.8, 4) is 5.75 Å². The molecule has 1 aromatic carbocycles. The number of ether oxygens (including phenoxy) is 1. The molecule has 0 spiro atoms. The summed E-state index contributed by atoms with van der Waals surface area (Å²) in [6, 6.07) is 1.61. The predicted octanol–water partition coefficient (Wildman–Crippen LogP) is 3.40. The van der Waals surface area contributed by atoms with Crippen LogP contribution in [0.1, 0.15) is 56.4 Å². The second kappa shape index (κ2) is 8.49. The van der Waals surface area contributed by atoms with Gasteiger partial charge < -0.3 is 24.6 Å². The number of benzene rings is 1. The molecule has 168 valence electrons. The van der Waals surface area contributed by atoms with E-state index in [0.29, 0.717) is 48.6 Å². The number of aromatic nitrogens is 1. The Labute approximate surface area is 180 Å². The Balaban J connectivity index is 1.89. The number of rotatable bonds is 8. The fraction of sp³-hybridized carbons (Fsp3) is 0.565. The lowest BCUT2D eigenvalue weighted by Crippen LogP contribution is -2.35. The predicted molar refractivity (Wildman–Crippen MR) is 118 cm³/mol. The first-order chi connectivity index (χ1) is 14.9. The van der Waals surface area contributed by atoms with Crippen molar-refractivity contribution >= 4 is 22.6 Å². The van der Waals surface area contributed by atoms with Crippen LogP contribution < -0.4 is 20.4 Å². The Morgan fingerprint density at radius 1 is 1.35 bits per heavy atom. The maximum atomic E-state index is 15.5. The Morgan fingerprint density at radius 2 is 2.10 bits per heavy atom. The molecule has 7 nitrogen and oxygen atoms in total. The number of nitrogens with zero attached hydrogens (tertiary/aromatic N) is 2. The number of aromatic carboxylic acids is 1. The normalized spacial score (nSPS) is 19.7. The minimum absolute atomic E-state index is 0.0632. The van der Waals surface area contributed by atoms with Gasteiger partial charge in [0, 0.05) is 31.4 Å². The highest BCUT2D eigenvalue weighted by Crippen LogP contribution is 2.44. The molecule has 2 fully saturated rings. The Bertz CT molecular complexity index is 1060. The summed E-state index contributed by atoms with van der Waals surface area (Å²) in [5.74, 6) is -1.13. The third-order valence-electron chi connectivity index (χ3n) is 6.43.